The van der Waals surface area contributed by atoms with Gasteiger partial charge in [0.25, 0.3) is 5.91 Å². The van der Waals surface area contributed by atoms with Crippen molar-refractivity contribution in [3.8, 4) is 17.1 Å². The third-order valence-corrected chi connectivity index (χ3v) is 7.77. The molecule has 2 heterocycles. The molecule has 5 rings (SSSR count). The van der Waals surface area contributed by atoms with Crippen LogP contribution in [-0.2, 0) is 0 Å². The molecule has 1 saturated heterocycles. The number of piperazine rings is 1. The summed E-state index contributed by atoms with van der Waals surface area (Å²) >= 11 is 0. The summed E-state index contributed by atoms with van der Waals surface area (Å²) < 4.78 is 11.8. The molecule has 1 aliphatic heterocycles. The maximum absolute atomic E-state index is 13.2. The molecule has 1 N–H and O–H groups in total. The number of carbonyl (C=O) groups excluding carboxylic acids is 1. The Morgan fingerprint density at radius 2 is 1.71 bits per heavy atom. The van der Waals surface area contributed by atoms with Crippen LogP contribution in [0.1, 0.15) is 22.3 Å². The second-order valence-electron chi connectivity index (χ2n) is 10.6. The molecule has 0 saturated carbocycles. The van der Waals surface area contributed by atoms with Gasteiger partial charge in [-0.2, -0.15) is 0 Å². The zero-order valence-electron chi connectivity index (χ0n) is 24.3. The zero-order valence-corrected chi connectivity index (χ0v) is 24.3. The van der Waals surface area contributed by atoms with Gasteiger partial charge in [-0.15, -0.1) is 0 Å². The molecule has 3 aromatic carbocycles. The van der Waals surface area contributed by atoms with Crippen LogP contribution in [0, 0.1) is 6.92 Å². The van der Waals surface area contributed by atoms with E-state index in [0.29, 0.717) is 34.4 Å². The standard InChI is InChI=1S/C33H38N4O4/c1-23-30(38)26-9-7-10-27(32(26)41-31(23)24-13-15-25(16-14-24)35(2)3)33(39)34-17-8-18-36-19-21-37(22-20-36)28-11-5-6-12-29(28)40-4/h5-7,9-16H,8,17-22H2,1-4H3,(H,34,39). The fourth-order valence-electron chi connectivity index (χ4n) is 5.38. The quantitative estimate of drug-likeness (QED) is 0.298. The summed E-state index contributed by atoms with van der Waals surface area (Å²) in [5.41, 5.74) is 4.07. The van der Waals surface area contributed by atoms with E-state index in [9.17, 15) is 9.59 Å². The number of para-hydroxylation sites is 3. The lowest BCUT2D eigenvalue weighted by molar-refractivity contribution is 0.0952. The fourth-order valence-corrected chi connectivity index (χ4v) is 5.38. The Balaban J connectivity index is 1.21. The van der Waals surface area contributed by atoms with E-state index < -0.39 is 0 Å². The molecular formula is C33H38N4O4. The molecule has 1 amide bonds. The Bertz CT molecular complexity index is 1570. The van der Waals surface area contributed by atoms with Gasteiger partial charge < -0.3 is 24.3 Å². The molecule has 0 spiro atoms. The van der Waals surface area contributed by atoms with Gasteiger partial charge >= 0.3 is 0 Å². The molecular weight excluding hydrogens is 516 g/mol. The highest BCUT2D eigenvalue weighted by Gasteiger charge is 2.20. The van der Waals surface area contributed by atoms with Crippen LogP contribution in [0.25, 0.3) is 22.3 Å². The van der Waals surface area contributed by atoms with E-state index in [-0.39, 0.29) is 11.3 Å². The molecule has 1 aliphatic rings. The highest BCUT2D eigenvalue weighted by Crippen LogP contribution is 2.30. The second kappa shape index (κ2) is 12.5. The summed E-state index contributed by atoms with van der Waals surface area (Å²) in [4.78, 5) is 33.3. The van der Waals surface area contributed by atoms with Crippen LogP contribution in [0.15, 0.2) is 75.9 Å². The summed E-state index contributed by atoms with van der Waals surface area (Å²) in [5, 5.41) is 3.45. The number of benzene rings is 3. The van der Waals surface area contributed by atoms with Crippen molar-refractivity contribution in [1.82, 2.24) is 10.2 Å². The van der Waals surface area contributed by atoms with Gasteiger partial charge in [-0.25, -0.2) is 0 Å². The van der Waals surface area contributed by atoms with Crippen molar-refractivity contribution < 1.29 is 13.9 Å². The lowest BCUT2D eigenvalue weighted by Gasteiger charge is -2.36. The number of amides is 1. The minimum atomic E-state index is -0.238. The summed E-state index contributed by atoms with van der Waals surface area (Å²) in [7, 11) is 5.66. The molecule has 0 aliphatic carbocycles. The van der Waals surface area contributed by atoms with Crippen molar-refractivity contribution in [2.45, 2.75) is 13.3 Å². The molecule has 0 bridgehead atoms. The average Bonchev–Trinajstić information content (AvgIpc) is 3.01. The lowest BCUT2D eigenvalue weighted by atomic mass is 10.0. The molecule has 1 fully saturated rings. The third kappa shape index (κ3) is 6.07. The van der Waals surface area contributed by atoms with E-state index >= 15 is 0 Å². The van der Waals surface area contributed by atoms with Gasteiger partial charge in [-0.05, 0) is 68.4 Å². The molecule has 8 heteroatoms. The summed E-state index contributed by atoms with van der Waals surface area (Å²) in [6.07, 6.45) is 0.831. The number of anilines is 2. The highest BCUT2D eigenvalue weighted by molar-refractivity contribution is 6.05. The molecule has 0 atom stereocenters. The first-order valence-corrected chi connectivity index (χ1v) is 14.1. The number of nitrogens with one attached hydrogen (secondary N) is 1. The molecule has 8 nitrogen and oxygen atoms in total. The van der Waals surface area contributed by atoms with Gasteiger partial charge in [-0.3, -0.25) is 14.5 Å². The Hall–Kier alpha value is -4.30. The first-order valence-electron chi connectivity index (χ1n) is 14.1. The molecule has 41 heavy (non-hydrogen) atoms. The van der Waals surface area contributed by atoms with E-state index in [0.717, 1.165) is 61.8 Å². The average molecular weight is 555 g/mol. The predicted octanol–water partition coefficient (Wildman–Crippen LogP) is 4.79. The summed E-state index contributed by atoms with van der Waals surface area (Å²) in [6, 6.07) is 21.1. The van der Waals surface area contributed by atoms with Gasteiger partial charge in [-0.1, -0.05) is 18.2 Å². The Morgan fingerprint density at radius 1 is 0.976 bits per heavy atom. The van der Waals surface area contributed by atoms with Gasteiger partial charge in [0.2, 0.25) is 0 Å². The van der Waals surface area contributed by atoms with Crippen LogP contribution in [0.2, 0.25) is 0 Å². The lowest BCUT2D eigenvalue weighted by Crippen LogP contribution is -2.47. The van der Waals surface area contributed by atoms with Gasteiger partial charge in [0.15, 0.2) is 11.0 Å². The van der Waals surface area contributed by atoms with Crippen molar-refractivity contribution in [3.05, 3.63) is 88.1 Å². The summed E-state index contributed by atoms with van der Waals surface area (Å²) in [5.74, 6) is 1.15. The number of hydrogen-bond donors (Lipinski definition) is 1. The number of methoxy groups -OCH3 is 1. The van der Waals surface area contributed by atoms with E-state index in [4.69, 9.17) is 9.15 Å². The Labute approximate surface area is 241 Å². The minimum Gasteiger partial charge on any atom is -0.495 e. The van der Waals surface area contributed by atoms with E-state index in [2.05, 4.69) is 21.2 Å². The van der Waals surface area contributed by atoms with E-state index in [1.54, 1.807) is 32.2 Å². The smallest absolute Gasteiger partial charge is 0.255 e. The highest BCUT2D eigenvalue weighted by atomic mass is 16.5. The maximum atomic E-state index is 13.2. The first kappa shape index (κ1) is 28.2. The molecule has 0 unspecified atom stereocenters. The third-order valence-electron chi connectivity index (χ3n) is 7.77. The molecule has 0 radical (unpaired) electrons. The number of rotatable bonds is 9. The van der Waals surface area contributed by atoms with Crippen LogP contribution in [0.3, 0.4) is 0 Å². The topological polar surface area (TPSA) is 78.3 Å². The van der Waals surface area contributed by atoms with Crippen LogP contribution in [-0.4, -0.2) is 71.3 Å². The van der Waals surface area contributed by atoms with Crippen molar-refractivity contribution in [2.75, 3.05) is 70.3 Å². The van der Waals surface area contributed by atoms with Crippen LogP contribution in [0.5, 0.6) is 5.75 Å². The number of fused-ring (bicyclic) bond motifs is 1. The Morgan fingerprint density at radius 3 is 2.41 bits per heavy atom. The second-order valence-corrected chi connectivity index (χ2v) is 10.6. The number of ether oxygens (including phenoxy) is 1. The monoisotopic (exact) mass is 554 g/mol. The van der Waals surface area contributed by atoms with Gasteiger partial charge in [0.1, 0.15) is 11.5 Å². The van der Waals surface area contributed by atoms with Crippen molar-refractivity contribution in [3.63, 3.8) is 0 Å². The maximum Gasteiger partial charge on any atom is 0.255 e. The number of nitrogens with zero attached hydrogens (tertiary/aromatic N) is 3. The fraction of sp³-hybridized carbons (Fsp3) is 0.333. The van der Waals surface area contributed by atoms with Crippen molar-refractivity contribution >= 4 is 28.3 Å². The zero-order chi connectivity index (χ0) is 28.9. The van der Waals surface area contributed by atoms with Crippen LogP contribution >= 0.6 is 0 Å². The minimum absolute atomic E-state index is 0.125. The normalized spacial score (nSPS) is 13.8. The largest absolute Gasteiger partial charge is 0.495 e. The first-order chi connectivity index (χ1) is 19.9. The molecule has 4 aromatic rings. The number of carbonyl (C=O) groups is 1. The predicted molar refractivity (Wildman–Crippen MR) is 166 cm³/mol. The van der Waals surface area contributed by atoms with Crippen molar-refractivity contribution in [2.24, 2.45) is 0 Å². The van der Waals surface area contributed by atoms with Crippen LogP contribution in [0.4, 0.5) is 11.4 Å². The van der Waals surface area contributed by atoms with E-state index in [1.165, 1.54) is 0 Å². The van der Waals surface area contributed by atoms with Crippen LogP contribution < -0.4 is 25.3 Å². The molecule has 1 aromatic heterocycles. The Kier molecular flexibility index (Phi) is 8.59. The van der Waals surface area contributed by atoms with E-state index in [1.807, 2.05) is 61.5 Å². The van der Waals surface area contributed by atoms with Crippen molar-refractivity contribution in [1.29, 1.82) is 0 Å². The number of hydrogen-bond acceptors (Lipinski definition) is 7. The molecule has 214 valence electrons. The van der Waals surface area contributed by atoms with Gasteiger partial charge in [0.05, 0.1) is 23.7 Å². The SMILES string of the molecule is COc1ccccc1N1CCN(CCCNC(=O)c2cccc3c(=O)c(C)c(-c4ccc(N(C)C)cc4)oc23)CC1. The van der Waals surface area contributed by atoms with Gasteiger partial charge in [0, 0.05) is 63.6 Å². The summed E-state index contributed by atoms with van der Waals surface area (Å²) in [6.45, 7) is 6.98.